The Bertz CT molecular complexity index is 1600. The lowest BCUT2D eigenvalue weighted by atomic mass is 9.33. The Labute approximate surface area is 280 Å². The maximum atomic E-state index is 14.4. The predicted octanol–water partition coefficient (Wildman–Crippen LogP) is 9.19. The van der Waals surface area contributed by atoms with E-state index in [2.05, 4.69) is 64.9 Å². The number of aromatic nitrogens is 3. The molecule has 0 aliphatic heterocycles. The first-order valence-electron chi connectivity index (χ1n) is 17.8. The lowest BCUT2D eigenvalue weighted by Crippen LogP contribution is -2.65. The lowest BCUT2D eigenvalue weighted by molar-refractivity contribution is -0.193. The molecule has 4 saturated carbocycles. The fourth-order valence-corrected chi connectivity index (χ4v) is 12.3. The van der Waals surface area contributed by atoms with Gasteiger partial charge in [-0.1, -0.05) is 89.1 Å². The third-order valence-corrected chi connectivity index (χ3v) is 15.5. The zero-order valence-electron chi connectivity index (χ0n) is 28.9. The number of rotatable bonds is 4. The highest BCUT2D eigenvalue weighted by atomic mass is 35.5. The molecule has 6 nitrogen and oxygen atoms in total. The second-order valence-electron chi connectivity index (χ2n) is 17.1. The number of carbonyl (C=O) groups is 2. The number of halogens is 1. The smallest absolute Gasteiger partial charge is 0.313 e. The zero-order chi connectivity index (χ0) is 32.9. The van der Waals surface area contributed by atoms with E-state index in [0.717, 1.165) is 57.1 Å². The number of carbonyl (C=O) groups excluding carboxylic acids is 2. The topological polar surface area (TPSA) is 74.1 Å². The van der Waals surface area contributed by atoms with Gasteiger partial charge in [-0.05, 0) is 109 Å². The van der Waals surface area contributed by atoms with E-state index in [1.807, 2.05) is 24.3 Å². The van der Waals surface area contributed by atoms with Crippen molar-refractivity contribution in [1.82, 2.24) is 15.0 Å². The maximum Gasteiger partial charge on any atom is 0.313 e. The van der Waals surface area contributed by atoms with Gasteiger partial charge in [0.1, 0.15) is 18.1 Å². The molecule has 0 unspecified atom stereocenters. The second-order valence-corrected chi connectivity index (χ2v) is 17.5. The van der Waals surface area contributed by atoms with Crippen molar-refractivity contribution in [3.05, 3.63) is 52.8 Å². The van der Waals surface area contributed by atoms with Crippen molar-refractivity contribution in [2.45, 2.75) is 113 Å². The zero-order valence-corrected chi connectivity index (χ0v) is 29.6. The SMILES string of the molecule is C[C@H]1[C@H](C)CC[C@]2(C(=O)OCc3cn(-c4ccccc4Cl)nn3)CC[C@]3(C)C(=CC[C@@H]4[C@@]5(C)CCC(=O)C(C)(C)[C@@H]5CC[C@]43C)[C@H]12. The summed E-state index contributed by atoms with van der Waals surface area (Å²) in [5.41, 5.74) is 2.43. The van der Waals surface area contributed by atoms with Gasteiger partial charge in [-0.2, -0.15) is 0 Å². The molecular weight excluding hydrogens is 594 g/mol. The number of hydrogen-bond acceptors (Lipinski definition) is 5. The van der Waals surface area contributed by atoms with E-state index >= 15 is 0 Å². The Morgan fingerprint density at radius 3 is 2.52 bits per heavy atom. The van der Waals surface area contributed by atoms with E-state index in [9.17, 15) is 9.59 Å². The van der Waals surface area contributed by atoms with E-state index in [4.69, 9.17) is 16.3 Å². The number of Topliss-reactive ketones (excluding diaryl/α,β-unsaturated/α-hetero) is 1. The Hall–Kier alpha value is -2.47. The summed E-state index contributed by atoms with van der Waals surface area (Å²) in [6.07, 6.45) is 13.2. The van der Waals surface area contributed by atoms with Crippen LogP contribution in [0.2, 0.25) is 5.02 Å². The molecule has 1 heterocycles. The van der Waals surface area contributed by atoms with Gasteiger partial charge in [0.05, 0.1) is 22.3 Å². The van der Waals surface area contributed by atoms with Crippen molar-refractivity contribution >= 4 is 23.4 Å². The van der Waals surface area contributed by atoms with Gasteiger partial charge < -0.3 is 4.74 Å². The molecule has 4 fully saturated rings. The van der Waals surface area contributed by atoms with Crippen LogP contribution >= 0.6 is 11.6 Å². The fourth-order valence-electron chi connectivity index (χ4n) is 12.0. The highest BCUT2D eigenvalue weighted by Gasteiger charge is 2.69. The highest BCUT2D eigenvalue weighted by Crippen LogP contribution is 2.75. The molecule has 0 bridgehead atoms. The number of allylic oxidation sites excluding steroid dienone is 2. The molecule has 7 heteroatoms. The first-order valence-corrected chi connectivity index (χ1v) is 18.1. The third-order valence-electron chi connectivity index (χ3n) is 15.1. The molecule has 0 amide bonds. The largest absolute Gasteiger partial charge is 0.459 e. The maximum absolute atomic E-state index is 14.4. The number of para-hydroxylation sites is 1. The number of hydrogen-bond donors (Lipinski definition) is 0. The fraction of sp³-hybridized carbons (Fsp3) is 0.692. The van der Waals surface area contributed by atoms with Crippen LogP contribution in [0.5, 0.6) is 0 Å². The summed E-state index contributed by atoms with van der Waals surface area (Å²) >= 11 is 6.38. The van der Waals surface area contributed by atoms with Gasteiger partial charge in [-0.15, -0.1) is 5.10 Å². The normalized spacial score (nSPS) is 41.3. The van der Waals surface area contributed by atoms with Crippen LogP contribution in [0.15, 0.2) is 42.1 Å². The molecule has 5 aliphatic rings. The van der Waals surface area contributed by atoms with Gasteiger partial charge in [0.15, 0.2) is 0 Å². The number of esters is 1. The van der Waals surface area contributed by atoms with Gasteiger partial charge in [0.25, 0.3) is 0 Å². The van der Waals surface area contributed by atoms with Crippen molar-refractivity contribution in [2.24, 2.45) is 56.7 Å². The average molecular weight is 646 g/mol. The van der Waals surface area contributed by atoms with E-state index in [0.29, 0.717) is 46.6 Å². The molecule has 0 saturated heterocycles. The molecule has 0 spiro atoms. The summed E-state index contributed by atoms with van der Waals surface area (Å²) in [6, 6.07) is 7.51. The summed E-state index contributed by atoms with van der Waals surface area (Å²) in [6.45, 7) is 17.0. The minimum atomic E-state index is -0.514. The van der Waals surface area contributed by atoms with Crippen LogP contribution in [-0.2, 0) is 20.9 Å². The molecule has 0 radical (unpaired) electrons. The number of ether oxygens (including phenoxy) is 1. The molecular formula is C39H52ClN3O3. The number of ketones is 1. The summed E-state index contributed by atoms with van der Waals surface area (Å²) in [4.78, 5) is 27.6. The van der Waals surface area contributed by atoms with Crippen molar-refractivity contribution < 1.29 is 14.3 Å². The Balaban J connectivity index is 1.19. The first-order chi connectivity index (χ1) is 21.7. The van der Waals surface area contributed by atoms with Gasteiger partial charge >= 0.3 is 5.97 Å². The van der Waals surface area contributed by atoms with Crippen molar-refractivity contribution in [3.8, 4) is 5.69 Å². The quantitative estimate of drug-likeness (QED) is 0.245. The molecule has 248 valence electrons. The van der Waals surface area contributed by atoms with Gasteiger partial charge in [0, 0.05) is 11.8 Å². The van der Waals surface area contributed by atoms with Crippen LogP contribution < -0.4 is 0 Å². The molecule has 5 aliphatic carbocycles. The van der Waals surface area contributed by atoms with E-state index in [1.165, 1.54) is 5.57 Å². The molecule has 7 rings (SSSR count). The summed E-state index contributed by atoms with van der Waals surface area (Å²) < 4.78 is 7.85. The first kappa shape index (κ1) is 32.1. The standard InChI is InChI=1S/C39H52ClN3O3/c1-24-14-19-39(34(45)46-23-26-22-43(42-41-26)29-11-9-8-10-28(29)40)21-20-37(6)27(33(39)25(24)2)12-13-31-36(5)17-16-32(44)35(3,4)30(36)15-18-38(31,37)7/h8-12,22,24-25,30-31,33H,13-21,23H2,1-7H3/t24-,25+,30+,31-,33+,36+,37-,38-,39+/m1/s1. The lowest BCUT2D eigenvalue weighted by Gasteiger charge is -2.70. The minimum absolute atomic E-state index is 0.0207. The van der Waals surface area contributed by atoms with Crippen molar-refractivity contribution in [3.63, 3.8) is 0 Å². The Morgan fingerprint density at radius 2 is 1.76 bits per heavy atom. The molecule has 0 N–H and O–H groups in total. The van der Waals surface area contributed by atoms with Crippen LogP contribution in [0.1, 0.15) is 112 Å². The van der Waals surface area contributed by atoms with Crippen LogP contribution in [0.4, 0.5) is 0 Å². The molecule has 46 heavy (non-hydrogen) atoms. The Kier molecular flexibility index (Phi) is 7.51. The average Bonchev–Trinajstić information content (AvgIpc) is 3.49. The van der Waals surface area contributed by atoms with Gasteiger partial charge in [0.2, 0.25) is 0 Å². The third kappa shape index (κ3) is 4.33. The van der Waals surface area contributed by atoms with Crippen LogP contribution in [0.25, 0.3) is 5.69 Å². The Morgan fingerprint density at radius 1 is 1.00 bits per heavy atom. The van der Waals surface area contributed by atoms with Crippen LogP contribution in [-0.4, -0.2) is 26.7 Å². The van der Waals surface area contributed by atoms with E-state index in [-0.39, 0.29) is 40.2 Å². The molecule has 2 aromatic rings. The minimum Gasteiger partial charge on any atom is -0.459 e. The van der Waals surface area contributed by atoms with E-state index < -0.39 is 5.41 Å². The van der Waals surface area contributed by atoms with Crippen LogP contribution in [0, 0.1) is 56.7 Å². The van der Waals surface area contributed by atoms with E-state index in [1.54, 1.807) is 10.9 Å². The van der Waals surface area contributed by atoms with Gasteiger partial charge in [-0.25, -0.2) is 4.68 Å². The molecule has 1 aromatic heterocycles. The van der Waals surface area contributed by atoms with Crippen molar-refractivity contribution in [2.75, 3.05) is 0 Å². The molecule has 9 atom stereocenters. The summed E-state index contributed by atoms with van der Waals surface area (Å²) in [5, 5.41) is 9.16. The summed E-state index contributed by atoms with van der Waals surface area (Å²) in [7, 11) is 0. The predicted molar refractivity (Wildman–Crippen MR) is 180 cm³/mol. The number of benzene rings is 1. The van der Waals surface area contributed by atoms with Crippen LogP contribution in [0.3, 0.4) is 0 Å². The number of fused-ring (bicyclic) bond motifs is 7. The summed E-state index contributed by atoms with van der Waals surface area (Å²) in [5.74, 6) is 2.47. The highest BCUT2D eigenvalue weighted by molar-refractivity contribution is 6.32. The number of nitrogens with zero attached hydrogens (tertiary/aromatic N) is 3. The monoisotopic (exact) mass is 645 g/mol. The van der Waals surface area contributed by atoms with Gasteiger partial charge in [-0.3, -0.25) is 9.59 Å². The molecule has 1 aromatic carbocycles. The second kappa shape index (κ2) is 10.8. The van der Waals surface area contributed by atoms with Crippen molar-refractivity contribution in [1.29, 1.82) is 0 Å².